The molecule has 7 heteroatoms. The number of aromatic nitrogens is 2. The molecule has 0 saturated carbocycles. The third kappa shape index (κ3) is 2.65. The first-order chi connectivity index (χ1) is 13.1. The fourth-order valence-corrected chi connectivity index (χ4v) is 4.37. The summed E-state index contributed by atoms with van der Waals surface area (Å²) in [6.07, 6.45) is 0.238. The molecule has 5 rings (SSSR count). The van der Waals surface area contributed by atoms with E-state index in [0.29, 0.717) is 19.0 Å². The van der Waals surface area contributed by atoms with Crippen LogP contribution in [0.5, 0.6) is 0 Å². The summed E-state index contributed by atoms with van der Waals surface area (Å²) in [7, 11) is 0. The van der Waals surface area contributed by atoms with E-state index >= 15 is 0 Å². The molecule has 1 atom stereocenters. The van der Waals surface area contributed by atoms with Crippen LogP contribution in [-0.4, -0.2) is 34.5 Å². The highest BCUT2D eigenvalue weighted by Gasteiger charge is 2.40. The van der Waals surface area contributed by atoms with Gasteiger partial charge in [0.1, 0.15) is 0 Å². The van der Waals surface area contributed by atoms with Crippen molar-refractivity contribution in [1.82, 2.24) is 9.55 Å². The number of fused-ring (bicyclic) bond motifs is 3. The standard InChI is InChI=1S/C20H17BrN4O2/c21-14-4-3-5-15(11-14)25-12-13(10-18(25)26)19(27)24-9-8-23-17-7-2-1-6-16(17)22-20(23)24/h1-7,11,13H,8-10,12H2/t13-/m1/s1. The number of hydrogen-bond acceptors (Lipinski definition) is 3. The van der Waals surface area contributed by atoms with Crippen molar-refractivity contribution >= 4 is 50.4 Å². The smallest absolute Gasteiger partial charge is 0.234 e. The molecule has 2 aliphatic heterocycles. The highest BCUT2D eigenvalue weighted by molar-refractivity contribution is 9.10. The van der Waals surface area contributed by atoms with E-state index in [2.05, 4.69) is 25.5 Å². The number of imidazole rings is 1. The largest absolute Gasteiger partial charge is 0.312 e. The molecule has 2 aromatic carbocycles. The maximum atomic E-state index is 13.2. The topological polar surface area (TPSA) is 58.4 Å². The van der Waals surface area contributed by atoms with Gasteiger partial charge in [0.05, 0.1) is 17.0 Å². The minimum Gasteiger partial charge on any atom is -0.312 e. The van der Waals surface area contributed by atoms with Crippen molar-refractivity contribution in [2.45, 2.75) is 13.0 Å². The Balaban J connectivity index is 1.41. The van der Waals surface area contributed by atoms with Gasteiger partial charge in [0.15, 0.2) is 0 Å². The molecule has 2 amide bonds. The van der Waals surface area contributed by atoms with Gasteiger partial charge in [-0.15, -0.1) is 0 Å². The Labute approximate surface area is 164 Å². The summed E-state index contributed by atoms with van der Waals surface area (Å²) in [5, 5.41) is 0. The average molecular weight is 425 g/mol. The van der Waals surface area contributed by atoms with Crippen LogP contribution < -0.4 is 9.80 Å². The van der Waals surface area contributed by atoms with E-state index in [1.165, 1.54) is 0 Å². The summed E-state index contributed by atoms with van der Waals surface area (Å²) in [6.45, 7) is 1.75. The van der Waals surface area contributed by atoms with E-state index in [-0.39, 0.29) is 24.2 Å². The second-order valence-electron chi connectivity index (χ2n) is 6.93. The molecule has 2 aliphatic rings. The molecule has 0 N–H and O–H groups in total. The second-order valence-corrected chi connectivity index (χ2v) is 7.84. The van der Waals surface area contributed by atoms with E-state index in [9.17, 15) is 9.59 Å². The molecule has 6 nitrogen and oxygen atoms in total. The monoisotopic (exact) mass is 424 g/mol. The summed E-state index contributed by atoms with van der Waals surface area (Å²) >= 11 is 3.44. The lowest BCUT2D eigenvalue weighted by Gasteiger charge is -2.20. The summed E-state index contributed by atoms with van der Waals surface area (Å²) in [5.41, 5.74) is 2.75. The molecule has 1 saturated heterocycles. The van der Waals surface area contributed by atoms with Crippen LogP contribution >= 0.6 is 15.9 Å². The van der Waals surface area contributed by atoms with Gasteiger partial charge >= 0.3 is 0 Å². The predicted octanol–water partition coefficient (Wildman–Crippen LogP) is 3.20. The first kappa shape index (κ1) is 16.5. The van der Waals surface area contributed by atoms with Gasteiger partial charge in [-0.25, -0.2) is 4.98 Å². The van der Waals surface area contributed by atoms with Gasteiger partial charge in [0.2, 0.25) is 17.8 Å². The van der Waals surface area contributed by atoms with Crippen molar-refractivity contribution in [2.75, 3.05) is 22.9 Å². The van der Waals surface area contributed by atoms with Crippen LogP contribution in [0.4, 0.5) is 11.6 Å². The zero-order valence-electron chi connectivity index (χ0n) is 14.5. The Bertz CT molecular complexity index is 1080. The Hall–Kier alpha value is -2.67. The van der Waals surface area contributed by atoms with E-state index < -0.39 is 0 Å². The van der Waals surface area contributed by atoms with Crippen LogP contribution in [0.2, 0.25) is 0 Å². The van der Waals surface area contributed by atoms with Crippen molar-refractivity contribution in [1.29, 1.82) is 0 Å². The van der Waals surface area contributed by atoms with Crippen LogP contribution in [0.1, 0.15) is 6.42 Å². The van der Waals surface area contributed by atoms with Crippen LogP contribution in [0.15, 0.2) is 53.0 Å². The third-order valence-electron chi connectivity index (χ3n) is 5.28. The molecule has 3 aromatic rings. The average Bonchev–Trinajstić information content (AvgIpc) is 3.34. The Kier molecular flexibility index (Phi) is 3.79. The van der Waals surface area contributed by atoms with Crippen molar-refractivity contribution < 1.29 is 9.59 Å². The fourth-order valence-electron chi connectivity index (χ4n) is 3.98. The number of benzene rings is 2. The first-order valence-corrected chi connectivity index (χ1v) is 9.74. The van der Waals surface area contributed by atoms with Gasteiger partial charge < -0.3 is 9.47 Å². The first-order valence-electron chi connectivity index (χ1n) is 8.94. The molecule has 0 bridgehead atoms. The van der Waals surface area contributed by atoms with Gasteiger partial charge in [0.25, 0.3) is 0 Å². The third-order valence-corrected chi connectivity index (χ3v) is 5.78. The number of hydrogen-bond donors (Lipinski definition) is 0. The molecule has 0 radical (unpaired) electrons. The lowest BCUT2D eigenvalue weighted by molar-refractivity contribution is -0.124. The highest BCUT2D eigenvalue weighted by Crippen LogP contribution is 2.32. The van der Waals surface area contributed by atoms with Gasteiger partial charge in [-0.2, -0.15) is 0 Å². The molecule has 136 valence electrons. The van der Waals surface area contributed by atoms with Gasteiger partial charge in [0, 0.05) is 36.2 Å². The molecule has 0 spiro atoms. The lowest BCUT2D eigenvalue weighted by atomic mass is 10.1. The van der Waals surface area contributed by atoms with Gasteiger partial charge in [-0.1, -0.05) is 34.1 Å². The van der Waals surface area contributed by atoms with Crippen molar-refractivity contribution in [3.05, 3.63) is 53.0 Å². The summed E-state index contributed by atoms with van der Waals surface area (Å²) in [6, 6.07) is 15.5. The van der Waals surface area contributed by atoms with Crippen LogP contribution in [0.25, 0.3) is 11.0 Å². The van der Waals surface area contributed by atoms with Crippen LogP contribution in [0.3, 0.4) is 0 Å². The Morgan fingerprint density at radius 1 is 1.11 bits per heavy atom. The fraction of sp³-hybridized carbons (Fsp3) is 0.250. The van der Waals surface area contributed by atoms with Crippen LogP contribution in [-0.2, 0) is 16.1 Å². The number of nitrogens with zero attached hydrogens (tertiary/aromatic N) is 4. The van der Waals surface area contributed by atoms with Crippen molar-refractivity contribution in [3.8, 4) is 0 Å². The summed E-state index contributed by atoms with van der Waals surface area (Å²) in [4.78, 5) is 33.8. The maximum absolute atomic E-state index is 13.2. The van der Waals surface area contributed by atoms with E-state index in [1.54, 1.807) is 9.80 Å². The zero-order valence-corrected chi connectivity index (χ0v) is 16.1. The second kappa shape index (κ2) is 6.20. The van der Waals surface area contributed by atoms with Crippen molar-refractivity contribution in [2.24, 2.45) is 5.92 Å². The number of halogens is 1. The number of rotatable bonds is 2. The highest BCUT2D eigenvalue weighted by atomic mass is 79.9. The number of amides is 2. The van der Waals surface area contributed by atoms with E-state index in [4.69, 9.17) is 0 Å². The minimum atomic E-state index is -0.345. The quantitative estimate of drug-likeness (QED) is 0.634. The SMILES string of the molecule is O=C1C[C@@H](C(=O)N2CCn3c2nc2ccccc23)CN1c1cccc(Br)c1. The molecule has 3 heterocycles. The number of anilines is 2. The Morgan fingerprint density at radius 2 is 1.96 bits per heavy atom. The minimum absolute atomic E-state index is 0.0147. The maximum Gasteiger partial charge on any atom is 0.234 e. The Morgan fingerprint density at radius 3 is 2.81 bits per heavy atom. The zero-order chi connectivity index (χ0) is 18.5. The normalized spacial score (nSPS) is 19.1. The summed E-state index contributed by atoms with van der Waals surface area (Å²) in [5.74, 6) is 0.312. The van der Waals surface area contributed by atoms with Gasteiger partial charge in [-0.05, 0) is 30.3 Å². The number of carbonyl (C=O) groups excluding carboxylic acids is 2. The molecule has 1 aromatic heterocycles. The molecule has 27 heavy (non-hydrogen) atoms. The van der Waals surface area contributed by atoms with Crippen molar-refractivity contribution in [3.63, 3.8) is 0 Å². The number of carbonyl (C=O) groups is 2. The summed E-state index contributed by atoms with van der Waals surface area (Å²) < 4.78 is 2.99. The molecule has 1 fully saturated rings. The molecular formula is C20H17BrN4O2. The molecule has 0 aliphatic carbocycles. The van der Waals surface area contributed by atoms with E-state index in [1.807, 2.05) is 48.5 Å². The van der Waals surface area contributed by atoms with Crippen LogP contribution in [0, 0.1) is 5.92 Å². The molecular weight excluding hydrogens is 408 g/mol. The molecule has 0 unspecified atom stereocenters. The lowest BCUT2D eigenvalue weighted by Crippen LogP contribution is -2.36. The predicted molar refractivity (Wildman–Crippen MR) is 107 cm³/mol. The number of para-hydroxylation sites is 2. The van der Waals surface area contributed by atoms with E-state index in [0.717, 1.165) is 27.7 Å². The van der Waals surface area contributed by atoms with Gasteiger partial charge in [-0.3, -0.25) is 14.5 Å².